The van der Waals surface area contributed by atoms with Gasteiger partial charge in [0.15, 0.2) is 0 Å². The molecule has 0 aromatic carbocycles. The summed E-state index contributed by atoms with van der Waals surface area (Å²) in [7, 11) is 0. The summed E-state index contributed by atoms with van der Waals surface area (Å²) in [6.45, 7) is 8.37. The summed E-state index contributed by atoms with van der Waals surface area (Å²) in [6, 6.07) is 0. The summed E-state index contributed by atoms with van der Waals surface area (Å²) in [6.07, 6.45) is 5.69. The van der Waals surface area contributed by atoms with Crippen LogP contribution in [0.25, 0.3) is 0 Å². The summed E-state index contributed by atoms with van der Waals surface area (Å²) in [5, 5.41) is 7.14. The van der Waals surface area contributed by atoms with Crippen molar-refractivity contribution >= 4 is 5.84 Å². The van der Waals surface area contributed by atoms with Gasteiger partial charge in [0.05, 0.1) is 5.84 Å². The average Bonchev–Trinajstić information content (AvgIpc) is 2.10. The summed E-state index contributed by atoms with van der Waals surface area (Å²) < 4.78 is 0. The third-order valence-corrected chi connectivity index (χ3v) is 3.15. The second-order valence-corrected chi connectivity index (χ2v) is 5.53. The highest BCUT2D eigenvalue weighted by Crippen LogP contribution is 2.28. The highest BCUT2D eigenvalue weighted by Gasteiger charge is 2.25. The highest BCUT2D eigenvalue weighted by atomic mass is 15.1. The molecule has 1 heterocycles. The third-order valence-electron chi connectivity index (χ3n) is 3.15. The average molecular weight is 211 g/mol. The topological polar surface area (TPSA) is 53.1 Å². The van der Waals surface area contributed by atoms with Crippen molar-refractivity contribution in [1.29, 1.82) is 5.41 Å². The van der Waals surface area contributed by atoms with Gasteiger partial charge in [-0.1, -0.05) is 13.8 Å². The molecular weight excluding hydrogens is 186 g/mol. The lowest BCUT2D eigenvalue weighted by atomic mass is 9.84. The van der Waals surface area contributed by atoms with E-state index in [0.717, 1.165) is 12.8 Å². The van der Waals surface area contributed by atoms with Gasteiger partial charge in [0.25, 0.3) is 0 Å². The van der Waals surface area contributed by atoms with E-state index in [1.54, 1.807) is 0 Å². The van der Waals surface area contributed by atoms with Gasteiger partial charge in [-0.2, -0.15) is 0 Å². The van der Waals surface area contributed by atoms with E-state index in [4.69, 9.17) is 11.1 Å². The van der Waals surface area contributed by atoms with Crippen LogP contribution in [0.2, 0.25) is 0 Å². The first kappa shape index (κ1) is 12.5. The lowest BCUT2D eigenvalue weighted by Gasteiger charge is -2.38. The molecule has 0 aromatic rings. The van der Waals surface area contributed by atoms with Crippen molar-refractivity contribution in [3.05, 3.63) is 0 Å². The minimum atomic E-state index is 0.328. The van der Waals surface area contributed by atoms with E-state index in [0.29, 0.717) is 11.3 Å². The molecule has 88 valence electrons. The Morgan fingerprint density at radius 2 is 2.13 bits per heavy atom. The molecule has 0 spiro atoms. The van der Waals surface area contributed by atoms with Gasteiger partial charge in [-0.25, -0.2) is 0 Å². The number of nitrogens with one attached hydrogen (secondary N) is 1. The van der Waals surface area contributed by atoms with Crippen LogP contribution in [-0.4, -0.2) is 30.4 Å². The minimum absolute atomic E-state index is 0.328. The molecule has 3 N–H and O–H groups in total. The van der Waals surface area contributed by atoms with E-state index >= 15 is 0 Å². The summed E-state index contributed by atoms with van der Waals surface area (Å²) in [5.41, 5.74) is 5.82. The Balaban J connectivity index is 2.13. The van der Waals surface area contributed by atoms with Crippen molar-refractivity contribution in [3.8, 4) is 0 Å². The van der Waals surface area contributed by atoms with Gasteiger partial charge in [-0.3, -0.25) is 5.41 Å². The summed E-state index contributed by atoms with van der Waals surface area (Å²) in [5.74, 6) is 0.328. The fourth-order valence-corrected chi connectivity index (χ4v) is 2.39. The molecule has 0 radical (unpaired) electrons. The third kappa shape index (κ3) is 5.17. The van der Waals surface area contributed by atoms with E-state index in [1.165, 1.54) is 38.9 Å². The lowest BCUT2D eigenvalue weighted by molar-refractivity contribution is 0.116. The molecule has 0 atom stereocenters. The molecule has 0 bridgehead atoms. The van der Waals surface area contributed by atoms with Crippen LogP contribution in [0.1, 0.15) is 46.0 Å². The minimum Gasteiger partial charge on any atom is -0.388 e. The maximum Gasteiger partial charge on any atom is 0.0905 e. The van der Waals surface area contributed by atoms with Gasteiger partial charge in [0.1, 0.15) is 0 Å². The van der Waals surface area contributed by atoms with Crippen LogP contribution in [0.5, 0.6) is 0 Å². The van der Waals surface area contributed by atoms with Crippen molar-refractivity contribution in [1.82, 2.24) is 4.90 Å². The van der Waals surface area contributed by atoms with Gasteiger partial charge in [0.2, 0.25) is 0 Å². The summed E-state index contributed by atoms with van der Waals surface area (Å²) in [4.78, 5) is 2.56. The normalized spacial score (nSPS) is 21.5. The molecule has 3 heteroatoms. The molecule has 3 nitrogen and oxygen atoms in total. The molecule has 1 aliphatic rings. The number of rotatable bonds is 5. The van der Waals surface area contributed by atoms with Crippen molar-refractivity contribution in [2.45, 2.75) is 46.0 Å². The molecule has 1 saturated heterocycles. The first-order chi connectivity index (χ1) is 6.99. The highest BCUT2D eigenvalue weighted by molar-refractivity contribution is 5.76. The number of piperidine rings is 1. The summed E-state index contributed by atoms with van der Waals surface area (Å²) >= 11 is 0. The molecular formula is C12H25N3. The number of nitrogens with zero attached hydrogens (tertiary/aromatic N) is 1. The van der Waals surface area contributed by atoms with Gasteiger partial charge in [0, 0.05) is 13.0 Å². The number of likely N-dealkylation sites (tertiary alicyclic amines) is 1. The molecule has 0 saturated carbocycles. The molecule has 0 unspecified atom stereocenters. The standard InChI is InChI=1S/C12H25N3/c1-12(2)7-5-9-15(10-12)8-4-3-6-11(13)14/h3-10H2,1-2H3,(H3,13,14). The zero-order valence-electron chi connectivity index (χ0n) is 10.2. The van der Waals surface area contributed by atoms with Crippen LogP contribution in [0.3, 0.4) is 0 Å². The molecule has 1 rings (SSSR count). The molecule has 0 aliphatic carbocycles. The Labute approximate surface area is 93.5 Å². The quantitative estimate of drug-likeness (QED) is 0.416. The van der Waals surface area contributed by atoms with Crippen LogP contribution < -0.4 is 5.73 Å². The van der Waals surface area contributed by atoms with E-state index < -0.39 is 0 Å². The van der Waals surface area contributed by atoms with Crippen molar-refractivity contribution < 1.29 is 0 Å². The Morgan fingerprint density at radius 1 is 1.40 bits per heavy atom. The van der Waals surface area contributed by atoms with E-state index in [2.05, 4.69) is 18.7 Å². The number of hydrogen-bond acceptors (Lipinski definition) is 2. The molecule has 0 aromatic heterocycles. The Hall–Kier alpha value is -0.570. The van der Waals surface area contributed by atoms with E-state index in [9.17, 15) is 0 Å². The first-order valence-electron chi connectivity index (χ1n) is 6.05. The van der Waals surface area contributed by atoms with Crippen LogP contribution in [0, 0.1) is 10.8 Å². The molecule has 1 fully saturated rings. The maximum absolute atomic E-state index is 7.14. The van der Waals surface area contributed by atoms with Gasteiger partial charge in [-0.15, -0.1) is 0 Å². The van der Waals surface area contributed by atoms with Gasteiger partial charge < -0.3 is 10.6 Å². The van der Waals surface area contributed by atoms with Crippen LogP contribution in [0.4, 0.5) is 0 Å². The van der Waals surface area contributed by atoms with Crippen molar-refractivity contribution in [2.75, 3.05) is 19.6 Å². The van der Waals surface area contributed by atoms with Crippen LogP contribution in [0.15, 0.2) is 0 Å². The molecule has 15 heavy (non-hydrogen) atoms. The second kappa shape index (κ2) is 5.50. The SMILES string of the molecule is CC1(C)CCCN(CCCCC(=N)N)C1. The van der Waals surface area contributed by atoms with Gasteiger partial charge in [-0.05, 0) is 44.2 Å². The maximum atomic E-state index is 7.14. The molecule has 1 aliphatic heterocycles. The van der Waals surface area contributed by atoms with Crippen molar-refractivity contribution in [2.24, 2.45) is 11.1 Å². The van der Waals surface area contributed by atoms with Crippen molar-refractivity contribution in [3.63, 3.8) is 0 Å². The fourth-order valence-electron chi connectivity index (χ4n) is 2.39. The van der Waals surface area contributed by atoms with E-state index in [-0.39, 0.29) is 0 Å². The number of nitrogens with two attached hydrogens (primary N) is 1. The predicted octanol–water partition coefficient (Wildman–Crippen LogP) is 2.21. The van der Waals surface area contributed by atoms with E-state index in [1.807, 2.05) is 0 Å². The zero-order chi connectivity index (χ0) is 11.3. The number of unbranched alkanes of at least 4 members (excludes halogenated alkanes) is 1. The molecule has 0 amide bonds. The lowest BCUT2D eigenvalue weighted by Crippen LogP contribution is -2.40. The predicted molar refractivity (Wildman–Crippen MR) is 65.2 cm³/mol. The van der Waals surface area contributed by atoms with Crippen LogP contribution >= 0.6 is 0 Å². The zero-order valence-corrected chi connectivity index (χ0v) is 10.2. The Morgan fingerprint density at radius 3 is 2.73 bits per heavy atom. The number of amidine groups is 1. The largest absolute Gasteiger partial charge is 0.388 e. The number of hydrogen-bond donors (Lipinski definition) is 2. The van der Waals surface area contributed by atoms with Gasteiger partial charge >= 0.3 is 0 Å². The smallest absolute Gasteiger partial charge is 0.0905 e. The first-order valence-corrected chi connectivity index (χ1v) is 6.05. The van der Waals surface area contributed by atoms with Crippen LogP contribution in [-0.2, 0) is 0 Å². The monoisotopic (exact) mass is 211 g/mol. The second-order valence-electron chi connectivity index (χ2n) is 5.53. The Bertz CT molecular complexity index is 211. The fraction of sp³-hybridized carbons (Fsp3) is 0.917. The Kier molecular flexibility index (Phi) is 4.58.